The Kier molecular flexibility index (Phi) is 10.2. The number of nitrogens with zero attached hydrogens (tertiary/aromatic N) is 2. The molecule has 35 heavy (non-hydrogen) atoms. The molecule has 0 aromatic heterocycles. The summed E-state index contributed by atoms with van der Waals surface area (Å²) in [5.41, 5.74) is 0.917. The van der Waals surface area contributed by atoms with E-state index < -0.39 is 21.6 Å². The molecule has 2 aromatic rings. The molecule has 0 heterocycles. The number of carbonyl (C=O) groups excluding carboxylic acids is 2. The smallest absolute Gasteiger partial charge is 0.242 e. The van der Waals surface area contributed by atoms with Crippen molar-refractivity contribution in [1.29, 1.82) is 0 Å². The minimum atomic E-state index is -3.56. The van der Waals surface area contributed by atoms with Crippen LogP contribution < -0.4 is 9.62 Å². The first-order valence-corrected chi connectivity index (χ1v) is 14.3. The summed E-state index contributed by atoms with van der Waals surface area (Å²) in [7, 11) is -3.56. The Hall–Kier alpha value is -2.10. The van der Waals surface area contributed by atoms with Gasteiger partial charge in [-0.2, -0.15) is 0 Å². The minimum absolute atomic E-state index is 0.0841. The molecule has 0 aliphatic rings. The Morgan fingerprint density at radius 3 is 2.29 bits per heavy atom. The van der Waals surface area contributed by atoms with Crippen LogP contribution in [0.3, 0.4) is 0 Å². The van der Waals surface area contributed by atoms with E-state index >= 15 is 0 Å². The molecule has 0 saturated carbocycles. The highest BCUT2D eigenvalue weighted by molar-refractivity contribution is 9.10. The lowest BCUT2D eigenvalue weighted by molar-refractivity contribution is -0.141. The molecule has 0 bridgehead atoms. The van der Waals surface area contributed by atoms with E-state index in [2.05, 4.69) is 21.2 Å². The molecular formula is C25H33BrClN3O4S. The first kappa shape index (κ1) is 29.1. The number of benzene rings is 2. The molecule has 7 nitrogen and oxygen atoms in total. The lowest BCUT2D eigenvalue weighted by Crippen LogP contribution is -2.52. The lowest BCUT2D eigenvalue weighted by Gasteiger charge is -2.32. The van der Waals surface area contributed by atoms with Crippen LogP contribution in [0.25, 0.3) is 0 Å². The van der Waals surface area contributed by atoms with Crippen molar-refractivity contribution in [1.82, 2.24) is 10.2 Å². The van der Waals surface area contributed by atoms with Crippen LogP contribution in [0.2, 0.25) is 5.02 Å². The van der Waals surface area contributed by atoms with Gasteiger partial charge in [0.25, 0.3) is 0 Å². The summed E-state index contributed by atoms with van der Waals surface area (Å²) in [6.45, 7) is 7.73. The Morgan fingerprint density at radius 2 is 1.74 bits per heavy atom. The Bertz CT molecular complexity index is 1130. The van der Waals surface area contributed by atoms with Crippen molar-refractivity contribution in [3.8, 4) is 0 Å². The Balaban J connectivity index is 2.18. The second-order valence-corrected chi connectivity index (χ2v) is 12.7. The van der Waals surface area contributed by atoms with Crippen molar-refractivity contribution < 1.29 is 18.0 Å². The second kappa shape index (κ2) is 12.2. The third-order valence-corrected chi connectivity index (χ3v) is 7.11. The zero-order valence-corrected chi connectivity index (χ0v) is 23.9. The highest BCUT2D eigenvalue weighted by Gasteiger charge is 2.28. The van der Waals surface area contributed by atoms with Gasteiger partial charge in [-0.1, -0.05) is 39.7 Å². The molecule has 2 aromatic carbocycles. The molecule has 1 N–H and O–H groups in total. The summed E-state index contributed by atoms with van der Waals surface area (Å²) in [5, 5.41) is 3.43. The summed E-state index contributed by atoms with van der Waals surface area (Å²) in [6.07, 6.45) is 1.50. The highest BCUT2D eigenvalue weighted by atomic mass is 79.9. The normalized spacial score (nSPS) is 12.7. The quantitative estimate of drug-likeness (QED) is 0.425. The number of sulfonamides is 1. The summed E-state index contributed by atoms with van der Waals surface area (Å²) >= 11 is 9.37. The van der Waals surface area contributed by atoms with Crippen LogP contribution in [0.4, 0.5) is 5.69 Å². The summed E-state index contributed by atoms with van der Waals surface area (Å²) < 4.78 is 26.9. The van der Waals surface area contributed by atoms with Crippen LogP contribution in [0.15, 0.2) is 53.0 Å². The number of carbonyl (C=O) groups is 2. The fourth-order valence-corrected chi connectivity index (χ4v) is 5.04. The third-order valence-electron chi connectivity index (χ3n) is 5.17. The maximum atomic E-state index is 13.3. The van der Waals surface area contributed by atoms with Gasteiger partial charge in [-0.25, -0.2) is 8.42 Å². The molecule has 192 valence electrons. The lowest BCUT2D eigenvalue weighted by atomic mass is 10.1. The van der Waals surface area contributed by atoms with Gasteiger partial charge in [0.2, 0.25) is 21.8 Å². The number of rotatable bonds is 10. The summed E-state index contributed by atoms with van der Waals surface area (Å²) in [6, 6.07) is 13.4. The summed E-state index contributed by atoms with van der Waals surface area (Å²) in [5.74, 6) is -0.481. The van der Waals surface area contributed by atoms with E-state index in [0.29, 0.717) is 10.7 Å². The average Bonchev–Trinajstić information content (AvgIpc) is 2.73. The van der Waals surface area contributed by atoms with Crippen LogP contribution in [-0.4, -0.2) is 49.5 Å². The number of hydrogen-bond donors (Lipinski definition) is 1. The van der Waals surface area contributed by atoms with Gasteiger partial charge < -0.3 is 10.2 Å². The van der Waals surface area contributed by atoms with E-state index in [4.69, 9.17) is 11.6 Å². The van der Waals surface area contributed by atoms with Crippen LogP contribution in [0.1, 0.15) is 46.1 Å². The monoisotopic (exact) mass is 585 g/mol. The van der Waals surface area contributed by atoms with E-state index in [9.17, 15) is 18.0 Å². The predicted molar refractivity (Wildman–Crippen MR) is 145 cm³/mol. The average molecular weight is 587 g/mol. The molecule has 0 aliphatic carbocycles. The predicted octanol–water partition coefficient (Wildman–Crippen LogP) is 4.98. The molecule has 2 rings (SSSR count). The highest BCUT2D eigenvalue weighted by Crippen LogP contribution is 2.22. The third kappa shape index (κ3) is 9.46. The molecule has 0 unspecified atom stereocenters. The van der Waals surface area contributed by atoms with Crippen molar-refractivity contribution in [2.24, 2.45) is 0 Å². The molecule has 0 saturated heterocycles. The van der Waals surface area contributed by atoms with Gasteiger partial charge in [-0.05, 0) is 76.1 Å². The molecular weight excluding hydrogens is 554 g/mol. The molecule has 2 amide bonds. The first-order valence-electron chi connectivity index (χ1n) is 11.3. The van der Waals surface area contributed by atoms with Crippen LogP contribution in [0, 0.1) is 0 Å². The molecule has 0 spiro atoms. The molecule has 1 atom stereocenters. The van der Waals surface area contributed by atoms with Gasteiger partial charge in [-0.3, -0.25) is 13.9 Å². The summed E-state index contributed by atoms with van der Waals surface area (Å²) in [4.78, 5) is 27.7. The maximum Gasteiger partial charge on any atom is 0.242 e. The van der Waals surface area contributed by atoms with Crippen molar-refractivity contribution >= 4 is 55.1 Å². The molecule has 0 aliphatic heterocycles. The number of halogens is 2. The number of nitrogens with one attached hydrogen (secondary N) is 1. The SMILES string of the molecule is C[C@@H](C(=O)NC(C)(C)C)N(Cc1cccc(Br)c1)C(=O)CCCN(c1ccc(Cl)cc1)S(C)(=O)=O. The standard InChI is InChI=1S/C25H33BrClN3O4S/c1-18(24(32)28-25(2,3)4)29(17-19-8-6-9-20(26)16-19)23(31)10-7-15-30(35(5,33)34)22-13-11-21(27)12-14-22/h6,8-9,11-14,16,18H,7,10,15,17H2,1-5H3,(H,28,32)/t18-/m0/s1. The van der Waals surface area contributed by atoms with E-state index in [0.717, 1.165) is 16.3 Å². The zero-order valence-electron chi connectivity index (χ0n) is 20.7. The molecule has 10 heteroatoms. The van der Waals surface area contributed by atoms with Gasteiger partial charge in [-0.15, -0.1) is 0 Å². The van der Waals surface area contributed by atoms with E-state index in [1.165, 1.54) is 9.21 Å². The van der Waals surface area contributed by atoms with Crippen molar-refractivity contribution in [3.63, 3.8) is 0 Å². The zero-order chi connectivity index (χ0) is 26.4. The van der Waals surface area contributed by atoms with Gasteiger partial charge in [0.1, 0.15) is 6.04 Å². The van der Waals surface area contributed by atoms with E-state index in [1.54, 1.807) is 31.2 Å². The molecule has 0 fully saturated rings. The second-order valence-electron chi connectivity index (χ2n) is 9.48. The van der Waals surface area contributed by atoms with Crippen LogP contribution in [-0.2, 0) is 26.2 Å². The van der Waals surface area contributed by atoms with E-state index in [-0.39, 0.29) is 37.7 Å². The maximum absolute atomic E-state index is 13.3. The van der Waals surface area contributed by atoms with Crippen molar-refractivity contribution in [3.05, 3.63) is 63.6 Å². The molecule has 0 radical (unpaired) electrons. The van der Waals surface area contributed by atoms with E-state index in [1.807, 2.05) is 45.0 Å². The van der Waals surface area contributed by atoms with Gasteiger partial charge in [0.05, 0.1) is 11.9 Å². The topological polar surface area (TPSA) is 86.8 Å². The minimum Gasteiger partial charge on any atom is -0.350 e. The van der Waals surface area contributed by atoms with Gasteiger partial charge >= 0.3 is 0 Å². The largest absolute Gasteiger partial charge is 0.350 e. The fraction of sp³-hybridized carbons (Fsp3) is 0.440. The van der Waals surface area contributed by atoms with Crippen molar-refractivity contribution in [2.75, 3.05) is 17.1 Å². The van der Waals surface area contributed by atoms with Gasteiger partial charge in [0, 0.05) is 34.5 Å². The fourth-order valence-electron chi connectivity index (χ4n) is 3.50. The van der Waals surface area contributed by atoms with Gasteiger partial charge in [0.15, 0.2) is 0 Å². The number of hydrogen-bond acceptors (Lipinski definition) is 4. The Morgan fingerprint density at radius 1 is 1.11 bits per heavy atom. The first-order chi connectivity index (χ1) is 16.2. The number of amides is 2. The Labute approximate surface area is 222 Å². The van der Waals surface area contributed by atoms with Crippen LogP contribution >= 0.6 is 27.5 Å². The van der Waals surface area contributed by atoms with Crippen LogP contribution in [0.5, 0.6) is 0 Å². The van der Waals surface area contributed by atoms with Crippen molar-refractivity contribution in [2.45, 2.75) is 58.7 Å². The number of anilines is 1.